The number of aromatic nitrogens is 2. The van der Waals surface area contributed by atoms with Crippen LogP contribution in [0.2, 0.25) is 0 Å². The molecule has 8 rings (SSSR count). The number of thiocarbonyl (C=S) groups is 2. The van der Waals surface area contributed by atoms with Crippen molar-refractivity contribution < 1.29 is 37.7 Å². The van der Waals surface area contributed by atoms with Gasteiger partial charge >= 0.3 is 55.4 Å². The van der Waals surface area contributed by atoms with Gasteiger partial charge in [-0.25, -0.2) is 13.6 Å². The Balaban J connectivity index is 0.000000211. The Bertz CT molecular complexity index is 2530. The first-order chi connectivity index (χ1) is 28.1. The van der Waals surface area contributed by atoms with E-state index in [0.29, 0.717) is 83.5 Å². The summed E-state index contributed by atoms with van der Waals surface area (Å²) in [4.78, 5) is 59.0. The van der Waals surface area contributed by atoms with Crippen molar-refractivity contribution in [2.45, 2.75) is 70.9 Å². The molecule has 4 aromatic rings. The zero-order valence-corrected chi connectivity index (χ0v) is 40.4. The summed E-state index contributed by atoms with van der Waals surface area (Å²) in [6.45, 7) is 17.8. The number of aromatic carboxylic acids is 1. The number of halogens is 5. The number of nitrogens with zero attached hydrogens (tertiary/aromatic N) is 8. The molecule has 4 aliphatic rings. The van der Waals surface area contributed by atoms with Crippen LogP contribution in [0.15, 0.2) is 60.9 Å². The quantitative estimate of drug-likeness (QED) is 0.118. The fourth-order valence-corrected chi connectivity index (χ4v) is 8.71. The Hall–Kier alpha value is -3.46. The molecule has 0 unspecified atom stereocenters. The van der Waals surface area contributed by atoms with Crippen molar-refractivity contribution in [3.8, 4) is 0 Å². The van der Waals surface area contributed by atoms with E-state index in [1.807, 2.05) is 22.6 Å². The Kier molecular flexibility index (Phi) is 15.3. The topological polar surface area (TPSA) is 119 Å². The van der Waals surface area contributed by atoms with Crippen molar-refractivity contribution in [2.24, 2.45) is 0 Å². The third-order valence-corrected chi connectivity index (χ3v) is 12.2. The Labute approximate surface area is 399 Å². The number of anilines is 4. The van der Waals surface area contributed by atoms with Crippen LogP contribution in [0.1, 0.15) is 67.4 Å². The molecule has 2 aliphatic heterocycles. The average Bonchev–Trinajstić information content (AvgIpc) is 3.55. The predicted octanol–water partition coefficient (Wildman–Crippen LogP) is 11.0. The fourth-order valence-electron chi connectivity index (χ4n) is 7.44. The first-order valence-electron chi connectivity index (χ1n) is 17.6. The molecule has 2 aromatic heterocycles. The molecule has 2 aliphatic carbocycles. The Morgan fingerprint density at radius 3 is 1.48 bits per heavy atom. The van der Waals surface area contributed by atoms with E-state index in [9.17, 15) is 23.2 Å². The number of benzene rings is 2. The normalized spacial score (nSPS) is 16.8. The first kappa shape index (κ1) is 47.6. The van der Waals surface area contributed by atoms with Crippen LogP contribution in [0.5, 0.6) is 0 Å². The van der Waals surface area contributed by atoms with Crippen molar-refractivity contribution in [2.75, 3.05) is 19.6 Å². The summed E-state index contributed by atoms with van der Waals surface area (Å²) in [7, 11) is 0.628. The summed E-state index contributed by atoms with van der Waals surface area (Å²) in [5, 5.41) is 9.56. The van der Waals surface area contributed by atoms with Crippen LogP contribution in [0.4, 0.5) is 43.2 Å². The monoisotopic (exact) mass is 1220 g/mol. The number of hydrogen-bond donors (Lipinski definition) is 1. The maximum absolute atomic E-state index is 14.3. The molecule has 12 nitrogen and oxygen atoms in total. The molecule has 60 heavy (non-hydrogen) atoms. The average molecular weight is 1220 g/mol. The van der Waals surface area contributed by atoms with Gasteiger partial charge in [-0.3, -0.25) is 19.4 Å². The van der Waals surface area contributed by atoms with Crippen molar-refractivity contribution >= 4 is 149 Å². The molecular formula is C40H33F2I3N8O4S2V. The summed E-state index contributed by atoms with van der Waals surface area (Å²) < 4.78 is 29.0. The fraction of sp³-hybridized carbons (Fsp3) is 0.275. The van der Waals surface area contributed by atoms with Gasteiger partial charge in [0.25, 0.3) is 23.5 Å². The number of rotatable bonds is 5. The number of carboxylic acid groups (broad SMARTS) is 1. The third kappa shape index (κ3) is 8.39. The van der Waals surface area contributed by atoms with Gasteiger partial charge in [0.2, 0.25) is 0 Å². The second-order valence-electron chi connectivity index (χ2n) is 13.8. The van der Waals surface area contributed by atoms with Crippen LogP contribution in [0.3, 0.4) is 0 Å². The van der Waals surface area contributed by atoms with Crippen LogP contribution >= 0.6 is 87.0 Å². The van der Waals surface area contributed by atoms with Gasteiger partial charge in [0, 0.05) is 14.9 Å². The zero-order valence-electron chi connectivity index (χ0n) is 30.9. The van der Waals surface area contributed by atoms with Crippen LogP contribution < -0.4 is 19.6 Å². The van der Waals surface area contributed by atoms with E-state index in [2.05, 4.69) is 59.6 Å². The summed E-state index contributed by atoms with van der Waals surface area (Å²) >= 11 is 17.9. The maximum atomic E-state index is 14.3. The van der Waals surface area contributed by atoms with E-state index < -0.39 is 28.4 Å². The van der Waals surface area contributed by atoms with E-state index in [1.165, 1.54) is 40.4 Å². The number of carbonyl (C=O) groups is 3. The van der Waals surface area contributed by atoms with E-state index in [1.54, 1.807) is 47.9 Å². The van der Waals surface area contributed by atoms with Gasteiger partial charge in [0.15, 0.2) is 10.2 Å². The molecule has 1 N–H and O–H groups in total. The van der Waals surface area contributed by atoms with Gasteiger partial charge in [-0.05, 0) is 159 Å². The molecule has 0 radical (unpaired) electrons. The summed E-state index contributed by atoms with van der Waals surface area (Å²) in [5.41, 5.74) is 1.07. The standard InChI is InChI=1S/C20H15FN4O3S.C19H14FIN4OS.CH4.2HI.V/c1-11-8-13(10-23-16(11)22-2)24-18(28)20(6-3-7-20)25(19(24)29)12-4-5-14(17(26)27)15(21)9-12;1-11-8-13(10-23-16(11)22-2)24-17(26)19(6-3-7-19)25(18(24)27)12-4-5-15(21)14(20)9-12;;;;/h4-5,8-10H,3,6-7H2,1H3,(H,26,27);4-5,8-10H,3,6-7H2,1H3;1H4;2*1H;/q;;;;;+2/p-2. The van der Waals surface area contributed by atoms with Crippen molar-refractivity contribution in [1.82, 2.24) is 9.97 Å². The van der Waals surface area contributed by atoms with Crippen molar-refractivity contribution in [3.63, 3.8) is 0 Å². The van der Waals surface area contributed by atoms with Gasteiger partial charge in [-0.2, -0.15) is 0 Å². The molecule has 20 heteroatoms. The van der Waals surface area contributed by atoms with Crippen LogP contribution in [0.25, 0.3) is 9.69 Å². The molecule has 0 bridgehead atoms. The van der Waals surface area contributed by atoms with Crippen LogP contribution in [0, 0.1) is 42.2 Å². The van der Waals surface area contributed by atoms with Gasteiger partial charge in [-0.15, -0.1) is 9.97 Å². The molecule has 2 amide bonds. The van der Waals surface area contributed by atoms with E-state index >= 15 is 0 Å². The van der Waals surface area contributed by atoms with E-state index in [4.69, 9.17) is 42.7 Å². The summed E-state index contributed by atoms with van der Waals surface area (Å²) in [6.07, 6.45) is 7.10. The molecule has 2 aromatic carbocycles. The molecule has 4 fully saturated rings. The van der Waals surface area contributed by atoms with Crippen molar-refractivity contribution in [1.29, 1.82) is 0 Å². The van der Waals surface area contributed by atoms with Gasteiger partial charge < -0.3 is 24.6 Å². The minimum atomic E-state index is -1.37. The first-order valence-corrected chi connectivity index (χ1v) is 28.5. The number of pyridine rings is 2. The number of hydrogen-bond acceptors (Lipinski definition) is 7. The molecular weight excluding hydrogens is 1190 g/mol. The number of aryl methyl sites for hydroxylation is 2. The molecule has 309 valence electrons. The SMILES string of the molecule is C.[C-]#[N+]c1ncc(N2C(=O)C3(CCC3)N(c3ccc(C(=O)O)c(F)c3)C2=S)cc1C.[C-]#[N+]c1ncc(N2C(=O)C3(CCC3)N(c3ccc(I)c(F)c3)C2=S)cc1C.[I][V][I]. The van der Waals surface area contributed by atoms with Gasteiger partial charge in [0.05, 0.1) is 16.9 Å². The molecule has 2 saturated carbocycles. The molecule has 2 spiro atoms. The summed E-state index contributed by atoms with van der Waals surface area (Å²) in [5.74, 6) is -2.40. The third-order valence-electron chi connectivity index (χ3n) is 10.6. The molecule has 2 saturated heterocycles. The minimum absolute atomic E-state index is 0. The second-order valence-corrected chi connectivity index (χ2v) is 27.5. The number of carboxylic acids is 1. The molecule has 4 heterocycles. The second kappa shape index (κ2) is 19.3. The van der Waals surface area contributed by atoms with Gasteiger partial charge in [-0.1, -0.05) is 20.6 Å². The van der Waals surface area contributed by atoms with Gasteiger partial charge in [0.1, 0.15) is 35.1 Å². The number of amides is 2. The van der Waals surface area contributed by atoms with Crippen LogP contribution in [-0.4, -0.2) is 54.2 Å². The van der Waals surface area contributed by atoms with E-state index in [0.717, 1.165) is 18.9 Å². The van der Waals surface area contributed by atoms with Crippen LogP contribution in [-0.2, 0) is 19.1 Å². The molecule has 0 atom stereocenters. The Morgan fingerprint density at radius 1 is 0.767 bits per heavy atom. The van der Waals surface area contributed by atoms with E-state index in [-0.39, 0.29) is 36.0 Å². The number of carbonyl (C=O) groups excluding carboxylic acids is 2. The predicted molar refractivity (Wildman–Crippen MR) is 256 cm³/mol. The zero-order chi connectivity index (χ0) is 43.0. The Morgan fingerprint density at radius 2 is 1.17 bits per heavy atom. The van der Waals surface area contributed by atoms with Crippen molar-refractivity contribution in [3.05, 3.63) is 116 Å². The summed E-state index contributed by atoms with van der Waals surface area (Å²) in [6, 6.07) is 12.0.